The molecule has 0 saturated carbocycles. The molecule has 8 nitrogen and oxygen atoms in total. The Hall–Kier alpha value is -3.17. The highest BCUT2D eigenvalue weighted by Crippen LogP contribution is 2.24. The minimum absolute atomic E-state index is 0.141. The van der Waals surface area contributed by atoms with Crippen molar-refractivity contribution in [3.05, 3.63) is 78.4 Å². The normalized spacial score (nSPS) is 11.5. The lowest BCUT2D eigenvalue weighted by atomic mass is 10.1. The first-order valence-electron chi connectivity index (χ1n) is 10.8. The maximum atomic E-state index is 13.4. The molecule has 0 fully saturated rings. The van der Waals surface area contributed by atoms with Gasteiger partial charge in [0.25, 0.3) is 0 Å². The summed E-state index contributed by atoms with van der Waals surface area (Å²) in [4.78, 5) is 16.7. The Morgan fingerprint density at radius 1 is 1.18 bits per heavy atom. The molecule has 0 spiro atoms. The number of hydrogen-bond acceptors (Lipinski definition) is 5. The molecule has 3 rings (SSSR count). The lowest BCUT2D eigenvalue weighted by Gasteiger charge is -2.22. The molecule has 0 atom stereocenters. The van der Waals surface area contributed by atoms with Crippen LogP contribution in [-0.4, -0.2) is 54.9 Å². The molecule has 0 aliphatic heterocycles. The highest BCUT2D eigenvalue weighted by atomic mass is 32.2. The predicted octanol–water partition coefficient (Wildman–Crippen LogP) is 2.64. The number of imidazole rings is 1. The van der Waals surface area contributed by atoms with Crippen LogP contribution in [0.15, 0.2) is 72.1 Å². The van der Waals surface area contributed by atoms with Gasteiger partial charge in [0.15, 0.2) is 0 Å². The van der Waals surface area contributed by atoms with E-state index in [9.17, 15) is 13.2 Å². The van der Waals surface area contributed by atoms with Crippen LogP contribution < -0.4 is 10.1 Å². The van der Waals surface area contributed by atoms with Crippen molar-refractivity contribution in [1.82, 2.24) is 19.2 Å². The van der Waals surface area contributed by atoms with E-state index in [-0.39, 0.29) is 23.9 Å². The summed E-state index contributed by atoms with van der Waals surface area (Å²) in [5.41, 5.74) is 1.72. The molecule has 0 bridgehead atoms. The van der Waals surface area contributed by atoms with Crippen molar-refractivity contribution < 1.29 is 17.9 Å². The standard InChI is InChI=1S/C24H30N4O4S/c1-20-17-22(9-10-23(20)32-2)33(30,31)28(15-11-21-7-4-3-5-8-21)18-24(29)26-12-6-14-27-16-13-25-19-27/h3-5,7-10,13,16-17,19H,6,11-12,14-15,18H2,1-2H3,(H,26,29). The number of aryl methyl sites for hydroxylation is 2. The van der Waals surface area contributed by atoms with Crippen LogP contribution >= 0.6 is 0 Å². The van der Waals surface area contributed by atoms with E-state index in [0.717, 1.165) is 18.5 Å². The van der Waals surface area contributed by atoms with Crippen LogP contribution in [0.5, 0.6) is 5.75 Å². The quantitative estimate of drug-likeness (QED) is 0.411. The zero-order chi connectivity index (χ0) is 23.7. The van der Waals surface area contributed by atoms with Gasteiger partial charge in [0.2, 0.25) is 15.9 Å². The van der Waals surface area contributed by atoms with Crippen LogP contribution in [0.3, 0.4) is 0 Å². The second-order valence-electron chi connectivity index (χ2n) is 7.71. The number of rotatable bonds is 12. The number of nitrogens with one attached hydrogen (secondary N) is 1. The number of methoxy groups -OCH3 is 1. The van der Waals surface area contributed by atoms with Crippen molar-refractivity contribution in [3.8, 4) is 5.75 Å². The van der Waals surface area contributed by atoms with E-state index in [1.54, 1.807) is 38.7 Å². The van der Waals surface area contributed by atoms with Crippen LogP contribution in [0.1, 0.15) is 17.5 Å². The second-order valence-corrected chi connectivity index (χ2v) is 9.65. The van der Waals surface area contributed by atoms with E-state index < -0.39 is 10.0 Å². The second kappa shape index (κ2) is 11.6. The average Bonchev–Trinajstić information content (AvgIpc) is 3.33. The molecule has 0 unspecified atom stereocenters. The van der Waals surface area contributed by atoms with Gasteiger partial charge < -0.3 is 14.6 Å². The summed E-state index contributed by atoms with van der Waals surface area (Å²) in [6, 6.07) is 14.3. The topological polar surface area (TPSA) is 93.5 Å². The molecule has 1 heterocycles. The van der Waals surface area contributed by atoms with E-state index in [1.165, 1.54) is 10.4 Å². The van der Waals surface area contributed by atoms with Gasteiger partial charge in [0, 0.05) is 32.0 Å². The molecule has 0 aliphatic carbocycles. The van der Waals surface area contributed by atoms with Crippen LogP contribution in [-0.2, 0) is 27.8 Å². The maximum absolute atomic E-state index is 13.4. The fraction of sp³-hybridized carbons (Fsp3) is 0.333. The van der Waals surface area contributed by atoms with Crippen molar-refractivity contribution in [2.75, 3.05) is 26.7 Å². The smallest absolute Gasteiger partial charge is 0.243 e. The zero-order valence-corrected chi connectivity index (χ0v) is 19.8. The Kier molecular flexibility index (Phi) is 8.62. The van der Waals surface area contributed by atoms with Gasteiger partial charge in [-0.1, -0.05) is 30.3 Å². The Balaban J connectivity index is 1.69. The Bertz CT molecular complexity index is 1130. The van der Waals surface area contributed by atoms with Gasteiger partial charge in [-0.25, -0.2) is 13.4 Å². The third-order valence-electron chi connectivity index (χ3n) is 5.29. The van der Waals surface area contributed by atoms with Crippen molar-refractivity contribution in [2.24, 2.45) is 0 Å². The SMILES string of the molecule is COc1ccc(S(=O)(=O)N(CCc2ccccc2)CC(=O)NCCCn2ccnc2)cc1C. The van der Waals surface area contributed by atoms with Crippen LogP contribution in [0.4, 0.5) is 0 Å². The molecular weight excluding hydrogens is 440 g/mol. The molecule has 0 radical (unpaired) electrons. The maximum Gasteiger partial charge on any atom is 0.243 e. The lowest BCUT2D eigenvalue weighted by molar-refractivity contribution is -0.121. The molecule has 9 heteroatoms. The number of ether oxygens (including phenoxy) is 1. The highest BCUT2D eigenvalue weighted by Gasteiger charge is 2.27. The molecule has 33 heavy (non-hydrogen) atoms. The summed E-state index contributed by atoms with van der Waals surface area (Å²) in [7, 11) is -2.33. The van der Waals surface area contributed by atoms with E-state index in [0.29, 0.717) is 24.3 Å². The number of amides is 1. The van der Waals surface area contributed by atoms with Gasteiger partial charge in [-0.2, -0.15) is 4.31 Å². The first-order valence-corrected chi connectivity index (χ1v) is 12.3. The molecule has 176 valence electrons. The molecule has 1 amide bonds. The van der Waals surface area contributed by atoms with Gasteiger partial charge in [-0.3, -0.25) is 4.79 Å². The highest BCUT2D eigenvalue weighted by molar-refractivity contribution is 7.89. The van der Waals surface area contributed by atoms with Gasteiger partial charge >= 0.3 is 0 Å². The Labute approximate surface area is 195 Å². The van der Waals surface area contributed by atoms with Gasteiger partial charge in [0.1, 0.15) is 5.75 Å². The summed E-state index contributed by atoms with van der Waals surface area (Å²) in [5.74, 6) is 0.280. The number of nitrogens with zero attached hydrogens (tertiary/aromatic N) is 3. The van der Waals surface area contributed by atoms with E-state index in [2.05, 4.69) is 10.3 Å². The fourth-order valence-corrected chi connectivity index (χ4v) is 4.95. The molecule has 1 N–H and O–H groups in total. The summed E-state index contributed by atoms with van der Waals surface area (Å²) in [5, 5.41) is 2.83. The first-order chi connectivity index (χ1) is 15.9. The van der Waals surface area contributed by atoms with E-state index in [1.807, 2.05) is 41.1 Å². The molecule has 0 aliphatic rings. The van der Waals surface area contributed by atoms with Crippen molar-refractivity contribution in [1.29, 1.82) is 0 Å². The number of benzene rings is 2. The third-order valence-corrected chi connectivity index (χ3v) is 7.13. The largest absolute Gasteiger partial charge is 0.496 e. The third kappa shape index (κ3) is 6.90. The van der Waals surface area contributed by atoms with Gasteiger partial charge in [-0.05, 0) is 49.1 Å². The number of carbonyl (C=O) groups excluding carboxylic acids is 1. The molecule has 0 saturated heterocycles. The number of aromatic nitrogens is 2. The Morgan fingerprint density at radius 3 is 2.64 bits per heavy atom. The number of carbonyl (C=O) groups is 1. The molecule has 2 aromatic carbocycles. The average molecular weight is 471 g/mol. The summed E-state index contributed by atoms with van der Waals surface area (Å²) in [6.07, 6.45) is 6.50. The Morgan fingerprint density at radius 2 is 1.97 bits per heavy atom. The predicted molar refractivity (Wildman–Crippen MR) is 126 cm³/mol. The molecule has 3 aromatic rings. The summed E-state index contributed by atoms with van der Waals surface area (Å²) in [6.45, 7) is 2.91. The number of hydrogen-bond donors (Lipinski definition) is 1. The van der Waals surface area contributed by atoms with E-state index >= 15 is 0 Å². The minimum Gasteiger partial charge on any atom is -0.496 e. The molecular formula is C24H30N4O4S. The van der Waals surface area contributed by atoms with Gasteiger partial charge in [0.05, 0.1) is 24.9 Å². The fourth-order valence-electron chi connectivity index (χ4n) is 3.47. The monoisotopic (exact) mass is 470 g/mol. The minimum atomic E-state index is -3.88. The van der Waals surface area contributed by atoms with Crippen molar-refractivity contribution in [3.63, 3.8) is 0 Å². The summed E-state index contributed by atoms with van der Waals surface area (Å²) < 4.78 is 35.3. The molecule has 1 aromatic heterocycles. The van der Waals surface area contributed by atoms with Crippen LogP contribution in [0.2, 0.25) is 0 Å². The van der Waals surface area contributed by atoms with Crippen LogP contribution in [0.25, 0.3) is 0 Å². The lowest BCUT2D eigenvalue weighted by Crippen LogP contribution is -2.42. The first kappa shape index (κ1) is 24.5. The van der Waals surface area contributed by atoms with Crippen molar-refractivity contribution in [2.45, 2.75) is 31.2 Å². The zero-order valence-electron chi connectivity index (χ0n) is 19.0. The van der Waals surface area contributed by atoms with Crippen molar-refractivity contribution >= 4 is 15.9 Å². The van der Waals surface area contributed by atoms with E-state index in [4.69, 9.17) is 4.74 Å². The van der Waals surface area contributed by atoms with Crippen LogP contribution in [0, 0.1) is 6.92 Å². The number of sulfonamides is 1. The van der Waals surface area contributed by atoms with Gasteiger partial charge in [-0.15, -0.1) is 0 Å². The summed E-state index contributed by atoms with van der Waals surface area (Å²) >= 11 is 0.